The fourth-order valence-corrected chi connectivity index (χ4v) is 6.70. The molecule has 206 valence electrons. The molecule has 1 heterocycles. The van der Waals surface area contributed by atoms with Crippen molar-refractivity contribution in [2.24, 2.45) is 0 Å². The fourth-order valence-electron chi connectivity index (χ4n) is 6.70. The Kier molecular flexibility index (Phi) is 5.54. The molecular weight excluding hydrogens is 534 g/mol. The highest BCUT2D eigenvalue weighted by Gasteiger charge is 2.17. The minimum Gasteiger partial charge on any atom is -0.456 e. The Labute approximate surface area is 255 Å². The van der Waals surface area contributed by atoms with E-state index in [0.29, 0.717) is 0 Å². The number of hydrogen-bond donors (Lipinski definition) is 0. The van der Waals surface area contributed by atoms with E-state index in [9.17, 15) is 0 Å². The number of para-hydroxylation sites is 1. The zero-order valence-corrected chi connectivity index (χ0v) is 23.9. The first-order valence-corrected chi connectivity index (χ1v) is 15.0. The van der Waals surface area contributed by atoms with Gasteiger partial charge in [-0.25, -0.2) is 0 Å². The van der Waals surface area contributed by atoms with Crippen LogP contribution in [0.5, 0.6) is 0 Å². The lowest BCUT2D eigenvalue weighted by atomic mass is 9.96. The third kappa shape index (κ3) is 3.96. The summed E-state index contributed by atoms with van der Waals surface area (Å²) in [5.41, 5.74) is 7.46. The molecule has 0 saturated heterocycles. The van der Waals surface area contributed by atoms with Crippen LogP contribution in [0.4, 0.5) is 17.1 Å². The average molecular weight is 562 g/mol. The maximum absolute atomic E-state index is 6.20. The van der Waals surface area contributed by atoms with Crippen LogP contribution >= 0.6 is 0 Å². The van der Waals surface area contributed by atoms with E-state index in [-0.39, 0.29) is 0 Å². The van der Waals surface area contributed by atoms with Gasteiger partial charge in [0, 0.05) is 27.8 Å². The third-order valence-corrected chi connectivity index (χ3v) is 8.82. The smallest absolute Gasteiger partial charge is 0.135 e. The van der Waals surface area contributed by atoms with Gasteiger partial charge in [0.25, 0.3) is 0 Å². The minimum absolute atomic E-state index is 0.893. The molecule has 2 heteroatoms. The van der Waals surface area contributed by atoms with E-state index < -0.39 is 0 Å². The highest BCUT2D eigenvalue weighted by atomic mass is 16.3. The van der Waals surface area contributed by atoms with Crippen molar-refractivity contribution in [3.63, 3.8) is 0 Å². The summed E-state index contributed by atoms with van der Waals surface area (Å²) in [5.74, 6) is 0. The van der Waals surface area contributed by atoms with Gasteiger partial charge in [-0.05, 0) is 92.0 Å². The first-order valence-electron chi connectivity index (χ1n) is 15.0. The molecule has 0 aliphatic rings. The van der Waals surface area contributed by atoms with Gasteiger partial charge in [0.2, 0.25) is 0 Å². The minimum atomic E-state index is 0.893. The Morgan fingerprint density at radius 2 is 0.909 bits per heavy atom. The molecule has 0 radical (unpaired) electrons. The maximum atomic E-state index is 6.20. The number of benzene rings is 8. The van der Waals surface area contributed by atoms with E-state index in [0.717, 1.165) is 39.0 Å². The second-order valence-electron chi connectivity index (χ2n) is 11.4. The van der Waals surface area contributed by atoms with Crippen LogP contribution in [0.1, 0.15) is 0 Å². The monoisotopic (exact) mass is 561 g/mol. The van der Waals surface area contributed by atoms with Crippen LogP contribution in [0, 0.1) is 0 Å². The SMILES string of the molecule is c1ccc(-c2cccc(N(c3ccc4ccc5c6ccccc6ccc5c4c3)c3ccc4oc5ccccc5c4c3)c2)cc1. The molecule has 0 amide bonds. The molecule has 1 aromatic heterocycles. The van der Waals surface area contributed by atoms with Crippen LogP contribution < -0.4 is 4.90 Å². The summed E-state index contributed by atoms with van der Waals surface area (Å²) in [6.07, 6.45) is 0. The van der Waals surface area contributed by atoms with Crippen LogP contribution in [0.2, 0.25) is 0 Å². The van der Waals surface area contributed by atoms with Crippen LogP contribution in [0.15, 0.2) is 168 Å². The van der Waals surface area contributed by atoms with Crippen molar-refractivity contribution in [2.75, 3.05) is 4.90 Å². The summed E-state index contributed by atoms with van der Waals surface area (Å²) in [6, 6.07) is 58.7. The molecule has 9 aromatic rings. The second-order valence-corrected chi connectivity index (χ2v) is 11.4. The van der Waals surface area contributed by atoms with Gasteiger partial charge in [-0.1, -0.05) is 115 Å². The molecule has 0 N–H and O–H groups in total. The number of anilines is 3. The van der Waals surface area contributed by atoms with E-state index in [2.05, 4.69) is 157 Å². The first-order chi connectivity index (χ1) is 21.8. The van der Waals surface area contributed by atoms with Crippen LogP contribution in [0.3, 0.4) is 0 Å². The molecule has 2 nitrogen and oxygen atoms in total. The van der Waals surface area contributed by atoms with Gasteiger partial charge in [-0.3, -0.25) is 0 Å². The van der Waals surface area contributed by atoms with Crippen LogP contribution in [-0.4, -0.2) is 0 Å². The Morgan fingerprint density at radius 3 is 1.77 bits per heavy atom. The van der Waals surface area contributed by atoms with E-state index in [4.69, 9.17) is 4.42 Å². The standard InChI is InChI=1S/C42H27NO/c1-2-9-28(10-3-1)31-12-8-13-32(25-31)43(34-21-24-42-40(27-34)38-15-6-7-16-41(38)44-42)33-20-17-30-19-22-36-35-14-5-4-11-29(35)18-23-37(36)39(30)26-33/h1-27H. The van der Waals surface area contributed by atoms with E-state index >= 15 is 0 Å². The summed E-state index contributed by atoms with van der Waals surface area (Å²) in [6.45, 7) is 0. The summed E-state index contributed by atoms with van der Waals surface area (Å²) >= 11 is 0. The van der Waals surface area contributed by atoms with Gasteiger partial charge in [-0.2, -0.15) is 0 Å². The van der Waals surface area contributed by atoms with Crippen molar-refractivity contribution in [1.82, 2.24) is 0 Å². The number of fused-ring (bicyclic) bond motifs is 8. The second kappa shape index (κ2) is 9.86. The van der Waals surface area contributed by atoms with E-state index in [1.54, 1.807) is 0 Å². The van der Waals surface area contributed by atoms with Gasteiger partial charge in [0.15, 0.2) is 0 Å². The van der Waals surface area contributed by atoms with Crippen molar-refractivity contribution in [2.45, 2.75) is 0 Å². The quantitative estimate of drug-likeness (QED) is 0.199. The highest BCUT2D eigenvalue weighted by molar-refractivity contribution is 6.18. The van der Waals surface area contributed by atoms with Crippen molar-refractivity contribution < 1.29 is 4.42 Å². The number of hydrogen-bond acceptors (Lipinski definition) is 2. The van der Waals surface area contributed by atoms with Gasteiger partial charge in [0.05, 0.1) is 0 Å². The van der Waals surface area contributed by atoms with Crippen molar-refractivity contribution in [3.05, 3.63) is 164 Å². The molecule has 0 aliphatic heterocycles. The summed E-state index contributed by atoms with van der Waals surface area (Å²) in [5, 5.41) is 9.78. The molecule has 0 saturated carbocycles. The zero-order valence-electron chi connectivity index (χ0n) is 23.9. The van der Waals surface area contributed by atoms with Crippen LogP contribution in [0.25, 0.3) is 65.4 Å². The number of nitrogens with zero attached hydrogens (tertiary/aromatic N) is 1. The number of rotatable bonds is 4. The van der Waals surface area contributed by atoms with Crippen molar-refractivity contribution in [3.8, 4) is 11.1 Å². The van der Waals surface area contributed by atoms with Gasteiger partial charge in [-0.15, -0.1) is 0 Å². The van der Waals surface area contributed by atoms with Gasteiger partial charge >= 0.3 is 0 Å². The molecule has 0 aliphatic carbocycles. The normalized spacial score (nSPS) is 11.6. The molecule has 0 atom stereocenters. The fraction of sp³-hybridized carbons (Fsp3) is 0. The third-order valence-electron chi connectivity index (χ3n) is 8.82. The van der Waals surface area contributed by atoms with Crippen molar-refractivity contribution >= 4 is 71.3 Å². The summed E-state index contributed by atoms with van der Waals surface area (Å²) in [7, 11) is 0. The highest BCUT2D eigenvalue weighted by Crippen LogP contribution is 2.42. The molecule has 8 aromatic carbocycles. The van der Waals surface area contributed by atoms with E-state index in [1.807, 2.05) is 12.1 Å². The number of furan rings is 1. The average Bonchev–Trinajstić information content (AvgIpc) is 3.47. The van der Waals surface area contributed by atoms with Crippen LogP contribution in [-0.2, 0) is 0 Å². The Hall–Kier alpha value is -5.86. The predicted octanol–water partition coefficient (Wildman–Crippen LogP) is 12.2. The first kappa shape index (κ1) is 24.7. The summed E-state index contributed by atoms with van der Waals surface area (Å²) in [4.78, 5) is 2.37. The Bertz CT molecular complexity index is 2510. The zero-order chi connectivity index (χ0) is 29.0. The van der Waals surface area contributed by atoms with Gasteiger partial charge < -0.3 is 9.32 Å². The molecule has 9 rings (SSSR count). The summed E-state index contributed by atoms with van der Waals surface area (Å²) < 4.78 is 6.20. The molecule has 0 spiro atoms. The predicted molar refractivity (Wildman–Crippen MR) is 186 cm³/mol. The Morgan fingerprint density at radius 1 is 0.318 bits per heavy atom. The maximum Gasteiger partial charge on any atom is 0.135 e. The molecule has 44 heavy (non-hydrogen) atoms. The molecule has 0 unspecified atom stereocenters. The molecule has 0 fully saturated rings. The lowest BCUT2D eigenvalue weighted by molar-refractivity contribution is 0.669. The molecule has 0 bridgehead atoms. The van der Waals surface area contributed by atoms with E-state index in [1.165, 1.54) is 43.4 Å². The Balaban J connectivity index is 1.30. The van der Waals surface area contributed by atoms with Crippen molar-refractivity contribution in [1.29, 1.82) is 0 Å². The van der Waals surface area contributed by atoms with Gasteiger partial charge in [0.1, 0.15) is 11.2 Å². The molecular formula is C42H27NO. The lowest BCUT2D eigenvalue weighted by Gasteiger charge is -2.26. The topological polar surface area (TPSA) is 16.4 Å². The lowest BCUT2D eigenvalue weighted by Crippen LogP contribution is -2.10. The largest absolute Gasteiger partial charge is 0.456 e.